The fourth-order valence-electron chi connectivity index (χ4n) is 6.62. The third-order valence-corrected chi connectivity index (χ3v) is 9.50. The summed E-state index contributed by atoms with van der Waals surface area (Å²) in [6.07, 6.45) is 1.80. The van der Waals surface area contributed by atoms with Crippen molar-refractivity contribution in [3.63, 3.8) is 0 Å². The van der Waals surface area contributed by atoms with Crippen molar-refractivity contribution in [3.8, 4) is 28.0 Å². The average molecular weight is 747 g/mol. The zero-order valence-corrected chi connectivity index (χ0v) is 30.8. The van der Waals surface area contributed by atoms with Crippen molar-refractivity contribution in [3.05, 3.63) is 139 Å². The summed E-state index contributed by atoms with van der Waals surface area (Å²) in [6, 6.07) is 22.3. The summed E-state index contributed by atoms with van der Waals surface area (Å²) >= 11 is 5.96. The first-order valence-corrected chi connectivity index (χ1v) is 17.2. The van der Waals surface area contributed by atoms with Crippen LogP contribution in [0, 0.1) is 37.8 Å². The first kappa shape index (κ1) is 35.7. The minimum absolute atomic E-state index is 0.178. The van der Waals surface area contributed by atoms with Crippen LogP contribution in [0.15, 0.2) is 92.8 Å². The SMILES string of the molecule is COc1ccc(Cn2c(=O)[nH]c3c([N+](=O)[O-])cc(-c4c(C)noc4C)cc32)cc1.Cc1noc(C)c1-c1cc(N)c2cnn(Cc3ccc(Cl)cc3)c2c1. The minimum Gasteiger partial charge on any atom is -0.497 e. The Labute approximate surface area is 312 Å². The van der Waals surface area contributed by atoms with Gasteiger partial charge in [-0.15, -0.1) is 0 Å². The number of nitro benzene ring substituents is 1. The number of aromatic amines is 1. The highest BCUT2D eigenvalue weighted by Crippen LogP contribution is 2.35. The molecule has 0 aliphatic heterocycles. The molecule has 0 unspecified atom stereocenters. The third kappa shape index (κ3) is 6.81. The second kappa shape index (κ2) is 14.4. The lowest BCUT2D eigenvalue weighted by Gasteiger charge is -2.08. The van der Waals surface area contributed by atoms with Crippen molar-refractivity contribution < 1.29 is 18.7 Å². The number of rotatable bonds is 8. The summed E-state index contributed by atoms with van der Waals surface area (Å²) in [5.74, 6) is 2.03. The first-order chi connectivity index (χ1) is 25.9. The molecule has 0 aliphatic carbocycles. The fourth-order valence-corrected chi connectivity index (χ4v) is 6.75. The van der Waals surface area contributed by atoms with Gasteiger partial charge in [-0.1, -0.05) is 46.2 Å². The molecule has 4 heterocycles. The minimum atomic E-state index is -0.502. The van der Waals surface area contributed by atoms with Crippen LogP contribution in [0.25, 0.3) is 44.2 Å². The van der Waals surface area contributed by atoms with Gasteiger partial charge in [-0.3, -0.25) is 24.3 Å². The van der Waals surface area contributed by atoms with Crippen molar-refractivity contribution in [2.75, 3.05) is 12.8 Å². The van der Waals surface area contributed by atoms with Gasteiger partial charge in [-0.2, -0.15) is 5.10 Å². The Morgan fingerprint density at radius 2 is 1.43 bits per heavy atom. The number of hydrogen-bond donors (Lipinski definition) is 2. The highest BCUT2D eigenvalue weighted by molar-refractivity contribution is 6.30. The number of nitrogens with zero attached hydrogens (tertiary/aromatic N) is 6. The third-order valence-electron chi connectivity index (χ3n) is 9.25. The van der Waals surface area contributed by atoms with Gasteiger partial charge in [0, 0.05) is 33.3 Å². The van der Waals surface area contributed by atoms with Gasteiger partial charge in [-0.25, -0.2) is 4.79 Å². The zero-order valence-electron chi connectivity index (χ0n) is 30.0. The van der Waals surface area contributed by atoms with E-state index < -0.39 is 10.6 Å². The van der Waals surface area contributed by atoms with E-state index in [0.717, 1.165) is 49.6 Å². The van der Waals surface area contributed by atoms with Crippen LogP contribution in [0.3, 0.4) is 0 Å². The summed E-state index contributed by atoms with van der Waals surface area (Å²) in [4.78, 5) is 26.4. The van der Waals surface area contributed by atoms with Crippen molar-refractivity contribution >= 4 is 44.9 Å². The maximum atomic E-state index is 12.6. The largest absolute Gasteiger partial charge is 0.497 e. The topological polar surface area (TPSA) is 186 Å². The normalized spacial score (nSPS) is 11.2. The van der Waals surface area contributed by atoms with Crippen molar-refractivity contribution in [2.24, 2.45) is 0 Å². The Hall–Kier alpha value is -6.67. The van der Waals surface area contributed by atoms with Gasteiger partial charge < -0.3 is 19.5 Å². The Kier molecular flexibility index (Phi) is 9.52. The molecular formula is C39H35ClN8O6. The number of aromatic nitrogens is 6. The van der Waals surface area contributed by atoms with Gasteiger partial charge in [0.15, 0.2) is 0 Å². The van der Waals surface area contributed by atoms with E-state index in [1.807, 2.05) is 61.0 Å². The Bertz CT molecular complexity index is 2680. The second-order valence-corrected chi connectivity index (χ2v) is 13.3. The number of imidazole rings is 1. The first-order valence-electron chi connectivity index (χ1n) is 16.8. The molecule has 0 aliphatic rings. The van der Waals surface area contributed by atoms with Crippen LogP contribution in [-0.2, 0) is 13.1 Å². The van der Waals surface area contributed by atoms with E-state index in [1.165, 1.54) is 10.6 Å². The lowest BCUT2D eigenvalue weighted by molar-refractivity contribution is -0.383. The van der Waals surface area contributed by atoms with Gasteiger partial charge in [0.05, 0.1) is 53.7 Å². The number of fused-ring (bicyclic) bond motifs is 2. The smallest absolute Gasteiger partial charge is 0.326 e. The molecule has 14 nitrogen and oxygen atoms in total. The number of aryl methyl sites for hydroxylation is 4. The van der Waals surface area contributed by atoms with E-state index in [9.17, 15) is 14.9 Å². The molecule has 0 atom stereocenters. The van der Waals surface area contributed by atoms with Gasteiger partial charge >= 0.3 is 5.69 Å². The molecule has 8 rings (SSSR count). The molecule has 0 saturated carbocycles. The van der Waals surface area contributed by atoms with Crippen LogP contribution >= 0.6 is 11.6 Å². The average Bonchev–Trinajstić information content (AvgIpc) is 3.90. The lowest BCUT2D eigenvalue weighted by Crippen LogP contribution is -2.17. The molecule has 15 heteroatoms. The second-order valence-electron chi connectivity index (χ2n) is 12.8. The van der Waals surface area contributed by atoms with Crippen molar-refractivity contribution in [2.45, 2.75) is 40.8 Å². The Balaban J connectivity index is 0.000000168. The van der Waals surface area contributed by atoms with E-state index in [-0.39, 0.29) is 17.7 Å². The van der Waals surface area contributed by atoms with Crippen LogP contribution in [0.1, 0.15) is 34.0 Å². The van der Waals surface area contributed by atoms with Gasteiger partial charge in [0.1, 0.15) is 22.8 Å². The van der Waals surface area contributed by atoms with Gasteiger partial charge in [0.2, 0.25) is 0 Å². The molecule has 0 amide bonds. The number of hydrogen-bond acceptors (Lipinski definition) is 10. The van der Waals surface area contributed by atoms with Crippen LogP contribution in [0.2, 0.25) is 5.02 Å². The van der Waals surface area contributed by atoms with Gasteiger partial charge in [0.25, 0.3) is 5.69 Å². The quantitative estimate of drug-likeness (QED) is 0.0873. The summed E-state index contributed by atoms with van der Waals surface area (Å²) in [7, 11) is 1.58. The molecular weight excluding hydrogens is 712 g/mol. The maximum absolute atomic E-state index is 12.6. The number of nitrogen functional groups attached to an aromatic ring is 1. The summed E-state index contributed by atoms with van der Waals surface area (Å²) in [6.45, 7) is 8.24. The van der Waals surface area contributed by atoms with Crippen LogP contribution in [0.4, 0.5) is 11.4 Å². The van der Waals surface area contributed by atoms with E-state index in [2.05, 4.69) is 26.5 Å². The fraction of sp³-hybridized carbons (Fsp3) is 0.179. The number of methoxy groups -OCH3 is 1. The molecule has 0 saturated heterocycles. The number of nitrogens with one attached hydrogen (secondary N) is 1. The Morgan fingerprint density at radius 1 is 0.852 bits per heavy atom. The lowest BCUT2D eigenvalue weighted by atomic mass is 10.0. The molecule has 8 aromatic rings. The predicted molar refractivity (Wildman–Crippen MR) is 206 cm³/mol. The molecule has 0 radical (unpaired) electrons. The maximum Gasteiger partial charge on any atom is 0.326 e. The number of nitro groups is 1. The number of benzene rings is 4. The highest BCUT2D eigenvalue weighted by atomic mass is 35.5. The molecule has 54 heavy (non-hydrogen) atoms. The molecule has 0 bridgehead atoms. The molecule has 0 spiro atoms. The number of ether oxygens (including phenoxy) is 1. The molecule has 3 N–H and O–H groups in total. The van der Waals surface area contributed by atoms with E-state index in [1.54, 1.807) is 45.4 Å². The standard InChI is InChI=1S/C20H18N4O5.C19H17ClN4O/c1-11-18(12(2)29-22-11)14-8-16-19(17(9-14)24(26)27)21-20(25)23(16)10-13-4-6-15(28-3)7-5-13;1-11-19(12(2)25-23-11)14-7-17(21)16-9-22-24(18(16)8-14)10-13-3-5-15(20)6-4-13/h4-9H,10H2,1-3H3,(H,21,25);3-9H,10,21H2,1-2H3. The number of non-ortho nitro benzene ring substituents is 1. The number of anilines is 1. The Morgan fingerprint density at radius 3 is 2.00 bits per heavy atom. The summed E-state index contributed by atoms with van der Waals surface area (Å²) in [5, 5.41) is 25.8. The molecule has 4 aromatic carbocycles. The molecule has 0 fully saturated rings. The number of nitrogens with two attached hydrogens (primary N) is 1. The molecule has 4 aromatic heterocycles. The van der Waals surface area contributed by atoms with Crippen molar-refractivity contribution in [1.29, 1.82) is 0 Å². The highest BCUT2D eigenvalue weighted by Gasteiger charge is 2.23. The molecule has 274 valence electrons. The van der Waals surface area contributed by atoms with E-state index in [4.69, 9.17) is 31.1 Å². The predicted octanol–water partition coefficient (Wildman–Crippen LogP) is 8.16. The van der Waals surface area contributed by atoms with E-state index >= 15 is 0 Å². The van der Waals surface area contributed by atoms with Crippen LogP contribution in [0.5, 0.6) is 5.75 Å². The zero-order chi connectivity index (χ0) is 38.3. The van der Waals surface area contributed by atoms with Crippen LogP contribution < -0.4 is 16.2 Å². The van der Waals surface area contributed by atoms with Crippen molar-refractivity contribution in [1.82, 2.24) is 29.6 Å². The number of H-pyrrole nitrogens is 1. The summed E-state index contributed by atoms with van der Waals surface area (Å²) < 4.78 is 19.1. The monoisotopic (exact) mass is 746 g/mol. The van der Waals surface area contributed by atoms with Gasteiger partial charge in [-0.05, 0) is 92.4 Å². The van der Waals surface area contributed by atoms with Crippen LogP contribution in [-0.4, -0.2) is 41.7 Å². The number of halogens is 1. The van der Waals surface area contributed by atoms with E-state index in [0.29, 0.717) is 46.1 Å². The summed E-state index contributed by atoms with van der Waals surface area (Å²) in [5.41, 5.74) is 14.6.